The summed E-state index contributed by atoms with van der Waals surface area (Å²) in [5.74, 6) is -0.718. The Hall–Kier alpha value is -3.88. The summed E-state index contributed by atoms with van der Waals surface area (Å²) in [6.45, 7) is 0. The number of hydrogen-bond acceptors (Lipinski definition) is 2. The third kappa shape index (κ3) is 4.33. The lowest BCUT2D eigenvalue weighted by Crippen LogP contribution is -2.27. The fraction of sp³-hybridized carbons (Fsp3) is 0.120. The van der Waals surface area contributed by atoms with E-state index in [2.05, 4.69) is 4.98 Å². The van der Waals surface area contributed by atoms with Crippen LogP contribution < -0.4 is 4.90 Å². The van der Waals surface area contributed by atoms with Crippen molar-refractivity contribution >= 4 is 22.5 Å². The molecular weight excluding hydrogens is 458 g/mol. The lowest BCUT2D eigenvalue weighted by atomic mass is 9.94. The van der Waals surface area contributed by atoms with E-state index in [1.54, 1.807) is 30.3 Å². The molecule has 174 valence electrons. The second-order valence-electron chi connectivity index (χ2n) is 7.52. The molecule has 3 aromatic carbocycles. The monoisotopic (exact) mass is 474 g/mol. The van der Waals surface area contributed by atoms with Crippen molar-refractivity contribution in [3.8, 4) is 11.1 Å². The van der Waals surface area contributed by atoms with E-state index in [0.717, 1.165) is 29.3 Å². The van der Waals surface area contributed by atoms with Gasteiger partial charge in [0.1, 0.15) is 0 Å². The summed E-state index contributed by atoms with van der Waals surface area (Å²) >= 11 is 0. The molecule has 3 nitrogen and oxygen atoms in total. The molecule has 0 bridgehead atoms. The molecule has 0 N–H and O–H groups in total. The molecule has 0 unspecified atom stereocenters. The van der Waals surface area contributed by atoms with Gasteiger partial charge in [-0.25, -0.2) is 0 Å². The number of hydrogen-bond donors (Lipinski definition) is 0. The van der Waals surface area contributed by atoms with Crippen LogP contribution in [0.1, 0.15) is 21.5 Å². The van der Waals surface area contributed by atoms with Gasteiger partial charge in [0.2, 0.25) is 0 Å². The Balaban J connectivity index is 1.91. The van der Waals surface area contributed by atoms with Crippen molar-refractivity contribution in [1.82, 2.24) is 4.98 Å². The Morgan fingerprint density at radius 3 is 2.15 bits per heavy atom. The Bertz CT molecular complexity index is 1360. The number of pyridine rings is 1. The van der Waals surface area contributed by atoms with Crippen LogP contribution in [0.5, 0.6) is 0 Å². The van der Waals surface area contributed by atoms with Gasteiger partial charge < -0.3 is 4.90 Å². The Labute approximate surface area is 190 Å². The van der Waals surface area contributed by atoms with Crippen molar-refractivity contribution in [2.75, 3.05) is 11.9 Å². The lowest BCUT2D eigenvalue weighted by molar-refractivity contribution is -0.138. The molecule has 9 heteroatoms. The third-order valence-corrected chi connectivity index (χ3v) is 5.36. The van der Waals surface area contributed by atoms with Crippen molar-refractivity contribution in [2.24, 2.45) is 0 Å². The SMILES string of the molecule is CN(C(=O)c1cnc2c(C(F)(F)F)cccc2c1-c1ccccc1)c1cccc(C(F)(F)F)c1. The molecule has 0 atom stereocenters. The minimum Gasteiger partial charge on any atom is -0.311 e. The first-order valence-corrected chi connectivity index (χ1v) is 9.98. The van der Waals surface area contributed by atoms with Crippen molar-refractivity contribution < 1.29 is 31.1 Å². The summed E-state index contributed by atoms with van der Waals surface area (Å²) in [5, 5.41) is 0.101. The van der Waals surface area contributed by atoms with Crippen LogP contribution in [0, 0.1) is 0 Å². The van der Waals surface area contributed by atoms with Crippen LogP contribution in [-0.4, -0.2) is 17.9 Å². The number of anilines is 1. The third-order valence-electron chi connectivity index (χ3n) is 5.36. The number of fused-ring (bicyclic) bond motifs is 1. The predicted molar refractivity (Wildman–Crippen MR) is 116 cm³/mol. The van der Waals surface area contributed by atoms with E-state index in [1.807, 2.05) is 0 Å². The molecule has 0 aliphatic carbocycles. The maximum atomic E-state index is 13.6. The van der Waals surface area contributed by atoms with Crippen molar-refractivity contribution in [2.45, 2.75) is 12.4 Å². The number of carbonyl (C=O) groups excluding carboxylic acids is 1. The molecule has 4 aromatic rings. The van der Waals surface area contributed by atoms with Gasteiger partial charge >= 0.3 is 12.4 Å². The molecule has 0 saturated carbocycles. The fourth-order valence-corrected chi connectivity index (χ4v) is 3.72. The van der Waals surface area contributed by atoms with Gasteiger partial charge in [-0.1, -0.05) is 48.5 Å². The molecule has 0 aliphatic rings. The van der Waals surface area contributed by atoms with Crippen LogP contribution in [0.3, 0.4) is 0 Å². The largest absolute Gasteiger partial charge is 0.418 e. The average molecular weight is 474 g/mol. The van der Waals surface area contributed by atoms with Gasteiger partial charge in [-0.15, -0.1) is 0 Å². The van der Waals surface area contributed by atoms with Gasteiger partial charge in [0.05, 0.1) is 22.2 Å². The molecule has 0 spiro atoms. The molecule has 1 amide bonds. The summed E-state index contributed by atoms with van der Waals surface area (Å²) in [6.07, 6.45) is -8.24. The topological polar surface area (TPSA) is 33.2 Å². The van der Waals surface area contributed by atoms with E-state index in [-0.39, 0.29) is 27.7 Å². The number of para-hydroxylation sites is 1. The average Bonchev–Trinajstić information content (AvgIpc) is 2.81. The number of halogens is 6. The number of benzene rings is 3. The molecule has 4 rings (SSSR count). The van der Waals surface area contributed by atoms with Gasteiger partial charge in [0.25, 0.3) is 5.91 Å². The first-order valence-electron chi connectivity index (χ1n) is 9.98. The number of amides is 1. The van der Waals surface area contributed by atoms with Gasteiger partial charge in [0, 0.05) is 29.9 Å². The van der Waals surface area contributed by atoms with Crippen LogP contribution in [0.15, 0.2) is 79.0 Å². The number of carbonyl (C=O) groups is 1. The van der Waals surface area contributed by atoms with E-state index < -0.39 is 29.4 Å². The second kappa shape index (κ2) is 8.48. The molecule has 1 heterocycles. The molecule has 0 radical (unpaired) electrons. The Morgan fingerprint density at radius 1 is 0.824 bits per heavy atom. The van der Waals surface area contributed by atoms with E-state index in [9.17, 15) is 31.1 Å². The number of aromatic nitrogens is 1. The summed E-state index contributed by atoms with van der Waals surface area (Å²) in [4.78, 5) is 18.4. The van der Waals surface area contributed by atoms with Crippen LogP contribution in [0.4, 0.5) is 32.0 Å². The van der Waals surface area contributed by atoms with Gasteiger partial charge in [-0.2, -0.15) is 26.3 Å². The summed E-state index contributed by atoms with van der Waals surface area (Å²) in [5.41, 5.74) is -1.60. The highest BCUT2D eigenvalue weighted by Crippen LogP contribution is 2.39. The van der Waals surface area contributed by atoms with Gasteiger partial charge in [-0.3, -0.25) is 9.78 Å². The molecule has 0 saturated heterocycles. The predicted octanol–water partition coefficient (Wildman–Crippen LogP) is 7.22. The molecule has 0 fully saturated rings. The fourth-order valence-electron chi connectivity index (χ4n) is 3.72. The summed E-state index contributed by atoms with van der Waals surface area (Å²) in [6, 6.07) is 16.1. The zero-order chi connectivity index (χ0) is 24.7. The van der Waals surface area contributed by atoms with E-state index >= 15 is 0 Å². The molecule has 0 aliphatic heterocycles. The highest BCUT2D eigenvalue weighted by molar-refractivity contribution is 6.14. The van der Waals surface area contributed by atoms with E-state index in [4.69, 9.17) is 0 Å². The minimum absolute atomic E-state index is 0.0250. The highest BCUT2D eigenvalue weighted by atomic mass is 19.4. The Kier molecular flexibility index (Phi) is 5.80. The standard InChI is InChI=1S/C25H16F6N2O/c1-33(17-10-5-9-16(13-17)24(26,27)28)23(34)19-14-32-22-18(11-6-12-20(22)25(29,30)31)21(19)15-7-3-2-4-8-15/h2-14H,1H3. The summed E-state index contributed by atoms with van der Waals surface area (Å²) < 4.78 is 80.2. The zero-order valence-electron chi connectivity index (χ0n) is 17.6. The number of rotatable bonds is 3. The number of nitrogens with zero attached hydrogens (tertiary/aromatic N) is 2. The van der Waals surface area contributed by atoms with Crippen molar-refractivity contribution in [1.29, 1.82) is 0 Å². The second-order valence-corrected chi connectivity index (χ2v) is 7.52. The van der Waals surface area contributed by atoms with Crippen LogP contribution in [-0.2, 0) is 12.4 Å². The Morgan fingerprint density at radius 2 is 1.50 bits per heavy atom. The lowest BCUT2D eigenvalue weighted by Gasteiger charge is -2.21. The van der Waals surface area contributed by atoms with Crippen molar-refractivity contribution in [3.63, 3.8) is 0 Å². The van der Waals surface area contributed by atoms with Crippen LogP contribution >= 0.6 is 0 Å². The van der Waals surface area contributed by atoms with Gasteiger partial charge in [-0.05, 0) is 29.8 Å². The molecular formula is C25H16F6N2O. The maximum Gasteiger partial charge on any atom is 0.418 e. The zero-order valence-corrected chi connectivity index (χ0v) is 17.6. The van der Waals surface area contributed by atoms with E-state index in [0.29, 0.717) is 5.56 Å². The molecule has 34 heavy (non-hydrogen) atoms. The molecule has 1 aromatic heterocycles. The minimum atomic E-state index is -4.67. The van der Waals surface area contributed by atoms with Crippen molar-refractivity contribution in [3.05, 3.63) is 95.7 Å². The normalized spacial score (nSPS) is 12.1. The smallest absolute Gasteiger partial charge is 0.311 e. The summed E-state index contributed by atoms with van der Waals surface area (Å²) in [7, 11) is 1.29. The first kappa shape index (κ1) is 23.3. The maximum absolute atomic E-state index is 13.6. The van der Waals surface area contributed by atoms with Crippen LogP contribution in [0.25, 0.3) is 22.0 Å². The highest BCUT2D eigenvalue weighted by Gasteiger charge is 2.34. The first-order chi connectivity index (χ1) is 16.0. The van der Waals surface area contributed by atoms with Crippen LogP contribution in [0.2, 0.25) is 0 Å². The van der Waals surface area contributed by atoms with E-state index in [1.165, 1.54) is 31.3 Å². The number of alkyl halides is 6. The van der Waals surface area contributed by atoms with Gasteiger partial charge in [0.15, 0.2) is 0 Å². The quantitative estimate of drug-likeness (QED) is 0.294.